The zero-order chi connectivity index (χ0) is 31.0. The van der Waals surface area contributed by atoms with Gasteiger partial charge in [-0.15, -0.1) is 0 Å². The molecule has 0 spiro atoms. The molecule has 6 rings (SSSR count). The molecule has 1 saturated heterocycles. The van der Waals surface area contributed by atoms with E-state index in [1.54, 1.807) is 4.90 Å². The van der Waals surface area contributed by atoms with Crippen molar-refractivity contribution in [3.8, 4) is 0 Å². The number of carbonyl (C=O) groups excluding carboxylic acids is 1. The van der Waals surface area contributed by atoms with Crippen LogP contribution in [0.5, 0.6) is 0 Å². The second-order valence-electron chi connectivity index (χ2n) is 14.9. The van der Waals surface area contributed by atoms with E-state index in [1.165, 1.54) is 0 Å². The van der Waals surface area contributed by atoms with Gasteiger partial charge >= 0.3 is 12.4 Å². The van der Waals surface area contributed by atoms with Gasteiger partial charge in [-0.2, -0.15) is 26.3 Å². The van der Waals surface area contributed by atoms with Crippen molar-refractivity contribution in [1.82, 2.24) is 9.80 Å². The molecule has 7 atom stereocenters. The van der Waals surface area contributed by atoms with Gasteiger partial charge < -0.3 is 5.11 Å². The molecule has 0 amide bonds. The second-order valence-corrected chi connectivity index (χ2v) is 14.9. The van der Waals surface area contributed by atoms with Gasteiger partial charge in [0.25, 0.3) is 0 Å². The molecule has 240 valence electrons. The minimum absolute atomic E-state index is 0.142. The zero-order valence-corrected chi connectivity index (χ0v) is 25.2. The number of carbonyl (C=O) groups is 1. The average molecular weight is 615 g/mol. The molecule has 4 nitrogen and oxygen atoms in total. The minimum Gasteiger partial charge on any atom is -0.389 e. The number of Topliss-reactive ketones (excluding diaryl/α,β-unsaturated/α-hetero) is 1. The number of alkyl halides is 6. The molecular formula is C33H44F6N2O2. The number of rotatable bonds is 4. The Bertz CT molecular complexity index is 1230. The Morgan fingerprint density at radius 3 is 2.23 bits per heavy atom. The predicted molar refractivity (Wildman–Crippen MR) is 150 cm³/mol. The third-order valence-corrected chi connectivity index (χ3v) is 12.6. The maximum absolute atomic E-state index is 13.6. The van der Waals surface area contributed by atoms with Gasteiger partial charge in [0.1, 0.15) is 5.78 Å². The number of hydrogen-bond donors (Lipinski definition) is 1. The van der Waals surface area contributed by atoms with E-state index in [9.17, 15) is 36.2 Å². The summed E-state index contributed by atoms with van der Waals surface area (Å²) in [6.45, 7) is 6.87. The van der Waals surface area contributed by atoms with Crippen LogP contribution in [0.1, 0.15) is 88.3 Å². The third-order valence-electron chi connectivity index (χ3n) is 12.6. The molecule has 1 aromatic rings. The number of β-amino-alcohol motifs (C(OH)–C–C–N with tert-alkyl or cyclic N) is 1. The van der Waals surface area contributed by atoms with E-state index < -0.39 is 29.1 Å². The van der Waals surface area contributed by atoms with Gasteiger partial charge in [-0.05, 0) is 104 Å². The molecule has 1 aliphatic heterocycles. The normalized spacial score (nSPS) is 39.3. The fraction of sp³-hybridized carbons (Fsp3) is 0.788. The van der Waals surface area contributed by atoms with Crippen molar-refractivity contribution in [2.24, 2.45) is 34.5 Å². The zero-order valence-electron chi connectivity index (χ0n) is 25.2. The van der Waals surface area contributed by atoms with E-state index in [0.717, 1.165) is 51.4 Å². The highest BCUT2D eigenvalue weighted by atomic mass is 19.4. The van der Waals surface area contributed by atoms with Crippen LogP contribution in [0.4, 0.5) is 26.3 Å². The lowest BCUT2D eigenvalue weighted by Crippen LogP contribution is -2.59. The largest absolute Gasteiger partial charge is 0.416 e. The second kappa shape index (κ2) is 10.7. The molecule has 1 N–H and O–H groups in total. The van der Waals surface area contributed by atoms with Crippen LogP contribution < -0.4 is 0 Å². The third kappa shape index (κ3) is 5.66. The van der Waals surface area contributed by atoms with Crippen molar-refractivity contribution in [1.29, 1.82) is 0 Å². The van der Waals surface area contributed by atoms with E-state index in [0.29, 0.717) is 86.8 Å². The topological polar surface area (TPSA) is 43.8 Å². The first-order valence-corrected chi connectivity index (χ1v) is 16.0. The Morgan fingerprint density at radius 1 is 0.860 bits per heavy atom. The molecule has 5 aliphatic rings. The smallest absolute Gasteiger partial charge is 0.389 e. The van der Waals surface area contributed by atoms with Crippen molar-refractivity contribution >= 4 is 5.78 Å². The number of ketones is 1. The lowest BCUT2D eigenvalue weighted by molar-refractivity contribution is -0.158. The average Bonchev–Trinajstić information content (AvgIpc) is 3.23. The highest BCUT2D eigenvalue weighted by molar-refractivity contribution is 5.87. The predicted octanol–water partition coefficient (Wildman–Crippen LogP) is 7.18. The monoisotopic (exact) mass is 614 g/mol. The summed E-state index contributed by atoms with van der Waals surface area (Å²) in [5.74, 6) is 2.58. The summed E-state index contributed by atoms with van der Waals surface area (Å²) in [6, 6.07) is 1.66. The standard InChI is InChI=1S/C33H44F6N2O2/c1-29-11-12-31(43,18-23(29)3-5-24-26-7-8-28(42)30(26,2)10-9-27(24)29)20-41-15-13-40(14-16-41)19-21-17-22(32(34,35)36)4-6-25(21)33(37,38)39/h4,6,17,23-24,26-27,43H,3,5,7-16,18-20H2,1-2H3/t23-,24-,26-,27-,29-,30-,31+/m0/s1. The Morgan fingerprint density at radius 2 is 1.56 bits per heavy atom. The van der Waals surface area contributed by atoms with Crippen LogP contribution >= 0.6 is 0 Å². The van der Waals surface area contributed by atoms with Gasteiger partial charge in [0.05, 0.1) is 16.7 Å². The van der Waals surface area contributed by atoms with Gasteiger partial charge in [-0.1, -0.05) is 13.8 Å². The molecule has 4 aliphatic carbocycles. The Kier molecular flexibility index (Phi) is 7.81. The molecule has 0 bridgehead atoms. The summed E-state index contributed by atoms with van der Waals surface area (Å²) >= 11 is 0. The Labute approximate surface area is 250 Å². The first-order chi connectivity index (χ1) is 20.0. The van der Waals surface area contributed by atoms with Crippen LogP contribution in [0.25, 0.3) is 0 Å². The fourth-order valence-electron chi connectivity index (χ4n) is 10.2. The van der Waals surface area contributed by atoms with E-state index in [4.69, 9.17) is 0 Å². The maximum Gasteiger partial charge on any atom is 0.416 e. The molecule has 0 unspecified atom stereocenters. The molecule has 0 radical (unpaired) electrons. The summed E-state index contributed by atoms with van der Waals surface area (Å²) in [4.78, 5) is 16.7. The minimum atomic E-state index is -4.73. The number of fused-ring (bicyclic) bond motifs is 5. The summed E-state index contributed by atoms with van der Waals surface area (Å²) in [7, 11) is 0. The van der Waals surface area contributed by atoms with Crippen LogP contribution in [0, 0.1) is 34.5 Å². The lowest BCUT2D eigenvalue weighted by Gasteiger charge is -2.61. The molecule has 43 heavy (non-hydrogen) atoms. The van der Waals surface area contributed by atoms with Crippen LogP contribution in [-0.2, 0) is 23.7 Å². The van der Waals surface area contributed by atoms with Crippen molar-refractivity contribution in [2.45, 2.75) is 96.1 Å². The quantitative estimate of drug-likeness (QED) is 0.365. The lowest BCUT2D eigenvalue weighted by atomic mass is 9.44. The van der Waals surface area contributed by atoms with Crippen molar-refractivity contribution in [3.05, 3.63) is 34.9 Å². The number of benzene rings is 1. The number of nitrogens with zero attached hydrogens (tertiary/aromatic N) is 2. The molecule has 0 aromatic heterocycles. The number of halogens is 6. The van der Waals surface area contributed by atoms with Gasteiger partial charge in [0, 0.05) is 51.1 Å². The fourth-order valence-corrected chi connectivity index (χ4v) is 10.2. The first kappa shape index (κ1) is 31.3. The van der Waals surface area contributed by atoms with Gasteiger partial charge in [-0.3, -0.25) is 14.6 Å². The van der Waals surface area contributed by atoms with Gasteiger partial charge in [0.2, 0.25) is 0 Å². The van der Waals surface area contributed by atoms with Gasteiger partial charge in [0.15, 0.2) is 0 Å². The van der Waals surface area contributed by atoms with Crippen LogP contribution in [0.15, 0.2) is 18.2 Å². The first-order valence-electron chi connectivity index (χ1n) is 16.0. The maximum atomic E-state index is 13.6. The molecule has 10 heteroatoms. The van der Waals surface area contributed by atoms with E-state index in [2.05, 4.69) is 18.7 Å². The van der Waals surface area contributed by atoms with E-state index >= 15 is 0 Å². The number of aliphatic hydroxyl groups is 1. The van der Waals surface area contributed by atoms with Crippen molar-refractivity contribution in [2.75, 3.05) is 32.7 Å². The summed E-state index contributed by atoms with van der Waals surface area (Å²) in [6.07, 6.45) is -0.993. The Hall–Kier alpha value is -1.65. The highest BCUT2D eigenvalue weighted by Gasteiger charge is 2.61. The van der Waals surface area contributed by atoms with Crippen LogP contribution in [0.2, 0.25) is 0 Å². The van der Waals surface area contributed by atoms with Crippen molar-refractivity contribution < 1.29 is 36.2 Å². The van der Waals surface area contributed by atoms with Crippen LogP contribution in [0.3, 0.4) is 0 Å². The summed E-state index contributed by atoms with van der Waals surface area (Å²) in [5.41, 5.74) is -3.26. The van der Waals surface area contributed by atoms with Crippen molar-refractivity contribution in [3.63, 3.8) is 0 Å². The number of hydrogen-bond acceptors (Lipinski definition) is 4. The van der Waals surface area contributed by atoms with Gasteiger partial charge in [-0.25, -0.2) is 0 Å². The van der Waals surface area contributed by atoms with Crippen LogP contribution in [-0.4, -0.2) is 59.0 Å². The molecule has 1 aromatic carbocycles. The van der Waals surface area contributed by atoms with E-state index in [1.807, 2.05) is 0 Å². The SMILES string of the molecule is C[C@]12CC[C@](O)(CN3CCN(Cc4cc(C(F)(F)F)ccc4C(F)(F)F)CC3)C[C@@H]1CC[C@@H]1[C@@H]2CC[C@]2(C)C(=O)CC[C@@H]12. The molecule has 5 fully saturated rings. The molecule has 4 saturated carbocycles. The number of piperazine rings is 1. The highest BCUT2D eigenvalue weighted by Crippen LogP contribution is 2.66. The summed E-state index contributed by atoms with van der Waals surface area (Å²) in [5, 5.41) is 11.8. The Balaban J connectivity index is 1.06. The molecular weight excluding hydrogens is 570 g/mol. The summed E-state index contributed by atoms with van der Waals surface area (Å²) < 4.78 is 80.4. The van der Waals surface area contributed by atoms with E-state index in [-0.39, 0.29) is 22.9 Å². The molecule has 1 heterocycles.